The Hall–Kier alpha value is -2.60. The van der Waals surface area contributed by atoms with Gasteiger partial charge < -0.3 is 14.7 Å². The monoisotopic (exact) mass is 299 g/mol. The summed E-state index contributed by atoms with van der Waals surface area (Å²) in [5.74, 6) is 0.596. The van der Waals surface area contributed by atoms with Gasteiger partial charge in [-0.2, -0.15) is 5.10 Å². The number of carbonyl (C=O) groups excluding carboxylic acids is 1. The number of methoxy groups -OCH3 is 1. The third kappa shape index (κ3) is 2.37. The SMILES string of the molecule is COc1ccc2c(C(=O)C3=CC=C(CO)N(C)C3)n[nH]c2c1. The molecule has 6 nitrogen and oxygen atoms in total. The topological polar surface area (TPSA) is 78.5 Å². The van der Waals surface area contributed by atoms with Gasteiger partial charge in [-0.05, 0) is 18.2 Å². The number of rotatable bonds is 4. The van der Waals surface area contributed by atoms with E-state index in [0.29, 0.717) is 23.6 Å². The van der Waals surface area contributed by atoms with E-state index in [-0.39, 0.29) is 12.4 Å². The number of aliphatic hydroxyl groups excluding tert-OH is 1. The number of ketones is 1. The lowest BCUT2D eigenvalue weighted by molar-refractivity contribution is 0.102. The first-order valence-corrected chi connectivity index (χ1v) is 6.92. The van der Waals surface area contributed by atoms with E-state index in [2.05, 4.69) is 10.2 Å². The summed E-state index contributed by atoms with van der Waals surface area (Å²) in [4.78, 5) is 14.5. The first kappa shape index (κ1) is 14.3. The number of H-pyrrole nitrogens is 1. The van der Waals surface area contributed by atoms with E-state index >= 15 is 0 Å². The van der Waals surface area contributed by atoms with Crippen LogP contribution >= 0.6 is 0 Å². The molecule has 0 radical (unpaired) electrons. The Morgan fingerprint density at radius 1 is 1.45 bits per heavy atom. The highest BCUT2D eigenvalue weighted by molar-refractivity contribution is 6.15. The fourth-order valence-corrected chi connectivity index (χ4v) is 2.51. The van der Waals surface area contributed by atoms with E-state index in [0.717, 1.165) is 16.6 Å². The number of carbonyl (C=O) groups is 1. The lowest BCUT2D eigenvalue weighted by atomic mass is 10.0. The largest absolute Gasteiger partial charge is 0.497 e. The fourth-order valence-electron chi connectivity index (χ4n) is 2.51. The molecule has 0 saturated heterocycles. The predicted molar refractivity (Wildman–Crippen MR) is 82.9 cm³/mol. The molecule has 0 amide bonds. The van der Waals surface area contributed by atoms with Crippen molar-refractivity contribution >= 4 is 16.7 Å². The Kier molecular flexibility index (Phi) is 3.68. The van der Waals surface area contributed by atoms with Crippen LogP contribution in [0.15, 0.2) is 41.6 Å². The quantitative estimate of drug-likeness (QED) is 0.837. The van der Waals surface area contributed by atoms with E-state index in [1.54, 1.807) is 25.3 Å². The van der Waals surface area contributed by atoms with E-state index in [1.807, 2.05) is 24.1 Å². The number of Topliss-reactive ketones (excluding diaryl/α,β-unsaturated/α-hetero) is 1. The Morgan fingerprint density at radius 3 is 2.95 bits per heavy atom. The summed E-state index contributed by atoms with van der Waals surface area (Å²) in [6.45, 7) is 0.412. The summed E-state index contributed by atoms with van der Waals surface area (Å²) in [6.07, 6.45) is 3.51. The van der Waals surface area contributed by atoms with Crippen LogP contribution in [-0.4, -0.2) is 53.3 Å². The molecule has 1 aromatic heterocycles. The molecule has 2 aromatic rings. The molecule has 6 heteroatoms. The lowest BCUT2D eigenvalue weighted by Crippen LogP contribution is -2.28. The van der Waals surface area contributed by atoms with Crippen LogP contribution in [0.3, 0.4) is 0 Å². The van der Waals surface area contributed by atoms with Crippen LogP contribution in [0.5, 0.6) is 5.75 Å². The molecule has 0 spiro atoms. The van der Waals surface area contributed by atoms with E-state index in [9.17, 15) is 9.90 Å². The highest BCUT2D eigenvalue weighted by atomic mass is 16.5. The molecule has 2 heterocycles. The molecule has 3 rings (SSSR count). The molecule has 1 aliphatic rings. The van der Waals surface area contributed by atoms with Crippen molar-refractivity contribution in [2.24, 2.45) is 0 Å². The summed E-state index contributed by atoms with van der Waals surface area (Å²) in [6, 6.07) is 5.44. The molecule has 0 fully saturated rings. The number of aromatic nitrogens is 2. The maximum Gasteiger partial charge on any atom is 0.211 e. The number of nitrogens with one attached hydrogen (secondary N) is 1. The molecular weight excluding hydrogens is 282 g/mol. The van der Waals surface area contributed by atoms with Gasteiger partial charge in [-0.25, -0.2) is 0 Å². The molecule has 1 aromatic carbocycles. The van der Waals surface area contributed by atoms with Gasteiger partial charge in [0.25, 0.3) is 0 Å². The molecule has 22 heavy (non-hydrogen) atoms. The first-order valence-electron chi connectivity index (χ1n) is 6.92. The van der Waals surface area contributed by atoms with Crippen molar-refractivity contribution in [3.8, 4) is 5.75 Å². The highest BCUT2D eigenvalue weighted by Gasteiger charge is 2.22. The van der Waals surface area contributed by atoms with Crippen molar-refractivity contribution in [1.82, 2.24) is 15.1 Å². The van der Waals surface area contributed by atoms with Crippen LogP contribution in [0.4, 0.5) is 0 Å². The number of allylic oxidation sites excluding steroid dienone is 2. The summed E-state index contributed by atoms with van der Waals surface area (Å²) >= 11 is 0. The average Bonchev–Trinajstić information content (AvgIpc) is 2.96. The van der Waals surface area contributed by atoms with Gasteiger partial charge in [-0.15, -0.1) is 0 Å². The molecule has 114 valence electrons. The summed E-state index contributed by atoms with van der Waals surface area (Å²) < 4.78 is 5.16. The van der Waals surface area contributed by atoms with Gasteiger partial charge in [0.05, 0.1) is 19.2 Å². The van der Waals surface area contributed by atoms with Crippen molar-refractivity contribution < 1.29 is 14.6 Å². The lowest BCUT2D eigenvalue weighted by Gasteiger charge is -2.25. The van der Waals surface area contributed by atoms with Crippen LogP contribution in [-0.2, 0) is 0 Å². The van der Waals surface area contributed by atoms with Crippen LogP contribution in [0, 0.1) is 0 Å². The number of likely N-dealkylation sites (N-methyl/N-ethyl adjacent to an activating group) is 1. The Balaban J connectivity index is 1.96. The van der Waals surface area contributed by atoms with Crippen LogP contribution in [0.1, 0.15) is 10.5 Å². The second kappa shape index (κ2) is 5.65. The third-order valence-electron chi connectivity index (χ3n) is 3.81. The molecule has 0 unspecified atom stereocenters. The van der Waals surface area contributed by atoms with Crippen molar-refractivity contribution in [2.75, 3.05) is 27.3 Å². The molecule has 0 saturated carbocycles. The minimum Gasteiger partial charge on any atom is -0.497 e. The molecule has 0 aliphatic carbocycles. The summed E-state index contributed by atoms with van der Waals surface area (Å²) in [7, 11) is 3.44. The standard InChI is InChI=1S/C16H17N3O3/c1-19-8-10(3-4-11(19)9-20)16(21)15-13-6-5-12(22-2)7-14(13)17-18-15/h3-7,20H,8-9H2,1-2H3,(H,17,18). The zero-order valence-electron chi connectivity index (χ0n) is 12.5. The smallest absolute Gasteiger partial charge is 0.211 e. The molecule has 2 N–H and O–H groups in total. The van der Waals surface area contributed by atoms with Crippen LogP contribution < -0.4 is 4.74 Å². The van der Waals surface area contributed by atoms with E-state index in [4.69, 9.17) is 4.74 Å². The fraction of sp³-hybridized carbons (Fsp3) is 0.250. The number of aromatic amines is 1. The number of fused-ring (bicyclic) bond motifs is 1. The Bertz CT molecular complexity index is 789. The van der Waals surface area contributed by atoms with Gasteiger partial charge in [0, 0.05) is 36.3 Å². The number of hydrogen-bond acceptors (Lipinski definition) is 5. The van der Waals surface area contributed by atoms with Crippen LogP contribution in [0.25, 0.3) is 10.9 Å². The second-order valence-electron chi connectivity index (χ2n) is 5.18. The molecule has 0 atom stereocenters. The zero-order chi connectivity index (χ0) is 15.7. The minimum absolute atomic E-state index is 0.0421. The minimum atomic E-state index is -0.114. The normalized spacial score (nSPS) is 14.8. The van der Waals surface area contributed by atoms with Gasteiger partial charge >= 0.3 is 0 Å². The summed E-state index contributed by atoms with van der Waals surface area (Å²) in [5.41, 5.74) is 2.59. The van der Waals surface area contributed by atoms with E-state index in [1.165, 1.54) is 0 Å². The first-order chi connectivity index (χ1) is 10.6. The number of aliphatic hydroxyl groups is 1. The number of ether oxygens (including phenoxy) is 1. The maximum atomic E-state index is 12.7. The van der Waals surface area contributed by atoms with Gasteiger partial charge in [0.1, 0.15) is 11.4 Å². The maximum absolute atomic E-state index is 12.7. The average molecular weight is 299 g/mol. The second-order valence-corrected chi connectivity index (χ2v) is 5.18. The number of hydrogen-bond donors (Lipinski definition) is 2. The van der Waals surface area contributed by atoms with Crippen molar-refractivity contribution in [3.05, 3.63) is 47.3 Å². The van der Waals surface area contributed by atoms with Crippen molar-refractivity contribution in [2.45, 2.75) is 0 Å². The predicted octanol–water partition coefficient (Wildman–Crippen LogP) is 1.50. The van der Waals surface area contributed by atoms with Gasteiger partial charge in [0.15, 0.2) is 0 Å². The van der Waals surface area contributed by atoms with Gasteiger partial charge in [-0.1, -0.05) is 6.08 Å². The molecular formula is C16H17N3O3. The summed E-state index contributed by atoms with van der Waals surface area (Å²) in [5, 5.41) is 17.0. The number of nitrogens with zero attached hydrogens (tertiary/aromatic N) is 2. The van der Waals surface area contributed by atoms with Gasteiger partial charge in [0.2, 0.25) is 5.78 Å². The number of benzene rings is 1. The Labute approximate surface area is 127 Å². The van der Waals surface area contributed by atoms with Crippen molar-refractivity contribution in [3.63, 3.8) is 0 Å². The Morgan fingerprint density at radius 2 is 2.27 bits per heavy atom. The molecule has 0 bridgehead atoms. The highest BCUT2D eigenvalue weighted by Crippen LogP contribution is 2.24. The van der Waals surface area contributed by atoms with E-state index < -0.39 is 0 Å². The van der Waals surface area contributed by atoms with Crippen molar-refractivity contribution in [1.29, 1.82) is 0 Å². The van der Waals surface area contributed by atoms with Gasteiger partial charge in [-0.3, -0.25) is 9.89 Å². The zero-order valence-corrected chi connectivity index (χ0v) is 12.5. The van der Waals surface area contributed by atoms with Crippen LogP contribution in [0.2, 0.25) is 0 Å². The molecule has 1 aliphatic heterocycles. The third-order valence-corrected chi connectivity index (χ3v) is 3.81.